The molecule has 0 aliphatic rings. The number of nitrogens with one attached hydrogen (secondary N) is 1. The second-order valence-electron chi connectivity index (χ2n) is 5.54. The number of H-pyrrole nitrogens is 1. The summed E-state index contributed by atoms with van der Waals surface area (Å²) in [4.78, 5) is 37.7. The van der Waals surface area contributed by atoms with Gasteiger partial charge in [-0.3, -0.25) is 4.79 Å². The summed E-state index contributed by atoms with van der Waals surface area (Å²) in [7, 11) is 1.31. The Morgan fingerprint density at radius 3 is 2.81 bits per heavy atom. The number of hydrogen-bond acceptors (Lipinski definition) is 7. The van der Waals surface area contributed by atoms with Gasteiger partial charge in [-0.15, -0.1) is 17.9 Å². The van der Waals surface area contributed by atoms with E-state index in [1.165, 1.54) is 30.2 Å². The number of hydrogen-bond donors (Lipinski definition) is 1. The Bertz CT molecular complexity index is 1070. The Morgan fingerprint density at radius 1 is 1.42 bits per heavy atom. The number of thiophene rings is 1. The van der Waals surface area contributed by atoms with Gasteiger partial charge in [0, 0.05) is 16.2 Å². The van der Waals surface area contributed by atoms with Gasteiger partial charge < -0.3 is 9.72 Å². The van der Waals surface area contributed by atoms with E-state index in [2.05, 4.69) is 21.5 Å². The van der Waals surface area contributed by atoms with Crippen LogP contribution >= 0.6 is 23.1 Å². The molecule has 0 spiro atoms. The SMILES string of the molecule is C=CCSc1nc2nc(C)c(C(=O)OC)c(-c3sccc3C)c2c(=O)[nH]1. The zero-order chi connectivity index (χ0) is 18.8. The zero-order valence-electron chi connectivity index (χ0n) is 14.6. The van der Waals surface area contributed by atoms with Crippen LogP contribution in [-0.2, 0) is 4.74 Å². The van der Waals surface area contributed by atoms with E-state index in [0.717, 1.165) is 10.4 Å². The summed E-state index contributed by atoms with van der Waals surface area (Å²) < 4.78 is 4.94. The topological polar surface area (TPSA) is 84.9 Å². The van der Waals surface area contributed by atoms with E-state index in [4.69, 9.17) is 4.74 Å². The molecule has 134 valence electrons. The molecule has 3 aromatic heterocycles. The molecule has 0 fully saturated rings. The maximum Gasteiger partial charge on any atom is 0.340 e. The summed E-state index contributed by atoms with van der Waals surface area (Å²) in [5.74, 6) is 0.0918. The predicted octanol–water partition coefficient (Wildman–Crippen LogP) is 3.73. The number of nitrogens with zero attached hydrogens (tertiary/aromatic N) is 2. The van der Waals surface area contributed by atoms with E-state index in [1.54, 1.807) is 13.0 Å². The highest BCUT2D eigenvalue weighted by molar-refractivity contribution is 7.99. The average Bonchev–Trinajstić information content (AvgIpc) is 3.03. The van der Waals surface area contributed by atoms with Crippen molar-refractivity contribution in [3.63, 3.8) is 0 Å². The lowest BCUT2D eigenvalue weighted by Gasteiger charge is -2.13. The first kappa shape index (κ1) is 18.3. The van der Waals surface area contributed by atoms with Crippen molar-refractivity contribution in [2.45, 2.75) is 19.0 Å². The number of aromatic nitrogens is 3. The lowest BCUT2D eigenvalue weighted by molar-refractivity contribution is 0.0600. The number of thioether (sulfide) groups is 1. The van der Waals surface area contributed by atoms with E-state index >= 15 is 0 Å². The number of fused-ring (bicyclic) bond motifs is 1. The third-order valence-corrected chi connectivity index (χ3v) is 5.73. The molecule has 0 bridgehead atoms. The van der Waals surface area contributed by atoms with Crippen LogP contribution in [-0.4, -0.2) is 33.8 Å². The fourth-order valence-electron chi connectivity index (χ4n) is 2.68. The predicted molar refractivity (Wildman–Crippen MR) is 105 cm³/mol. The van der Waals surface area contributed by atoms with Gasteiger partial charge in [0.05, 0.1) is 23.8 Å². The van der Waals surface area contributed by atoms with Crippen molar-refractivity contribution in [3.8, 4) is 10.4 Å². The van der Waals surface area contributed by atoms with Gasteiger partial charge in [-0.05, 0) is 30.9 Å². The molecule has 0 radical (unpaired) electrons. The zero-order valence-corrected chi connectivity index (χ0v) is 16.2. The number of aryl methyl sites for hydroxylation is 2. The maximum absolute atomic E-state index is 12.8. The highest BCUT2D eigenvalue weighted by atomic mass is 32.2. The van der Waals surface area contributed by atoms with Crippen LogP contribution in [0.15, 0.2) is 34.1 Å². The quantitative estimate of drug-likeness (QED) is 0.311. The molecule has 26 heavy (non-hydrogen) atoms. The molecule has 3 aromatic rings. The molecule has 0 amide bonds. The van der Waals surface area contributed by atoms with Crippen molar-refractivity contribution in [3.05, 3.63) is 51.3 Å². The minimum atomic E-state index is -0.524. The summed E-state index contributed by atoms with van der Waals surface area (Å²) in [5, 5.41) is 2.68. The van der Waals surface area contributed by atoms with Gasteiger partial charge in [0.1, 0.15) is 0 Å². The van der Waals surface area contributed by atoms with Gasteiger partial charge in [0.25, 0.3) is 5.56 Å². The second kappa shape index (κ2) is 7.43. The second-order valence-corrected chi connectivity index (χ2v) is 7.47. The monoisotopic (exact) mass is 387 g/mol. The minimum absolute atomic E-state index is 0.296. The van der Waals surface area contributed by atoms with Crippen molar-refractivity contribution < 1.29 is 9.53 Å². The van der Waals surface area contributed by atoms with Gasteiger partial charge in [-0.1, -0.05) is 17.8 Å². The number of methoxy groups -OCH3 is 1. The van der Waals surface area contributed by atoms with Crippen LogP contribution in [0.1, 0.15) is 21.6 Å². The van der Waals surface area contributed by atoms with Crippen LogP contribution in [0.25, 0.3) is 21.5 Å². The largest absolute Gasteiger partial charge is 0.465 e. The normalized spacial score (nSPS) is 10.9. The van der Waals surface area contributed by atoms with Gasteiger partial charge in [-0.25, -0.2) is 14.8 Å². The van der Waals surface area contributed by atoms with Gasteiger partial charge in [-0.2, -0.15) is 0 Å². The molecule has 0 aliphatic carbocycles. The molecule has 0 saturated carbocycles. The lowest BCUT2D eigenvalue weighted by atomic mass is 9.99. The van der Waals surface area contributed by atoms with E-state index in [1.807, 2.05) is 18.4 Å². The number of rotatable bonds is 5. The third-order valence-electron chi connectivity index (χ3n) is 3.83. The highest BCUT2D eigenvalue weighted by Gasteiger charge is 2.25. The van der Waals surface area contributed by atoms with Gasteiger partial charge in [0.15, 0.2) is 10.8 Å². The van der Waals surface area contributed by atoms with Crippen molar-refractivity contribution in [1.82, 2.24) is 15.0 Å². The number of ether oxygens (including phenoxy) is 1. The van der Waals surface area contributed by atoms with Crippen LogP contribution in [0.5, 0.6) is 0 Å². The first-order valence-electron chi connectivity index (χ1n) is 7.79. The summed E-state index contributed by atoms with van der Waals surface area (Å²) >= 11 is 2.82. The van der Waals surface area contributed by atoms with Gasteiger partial charge in [0.2, 0.25) is 0 Å². The lowest BCUT2D eigenvalue weighted by Crippen LogP contribution is -2.16. The van der Waals surface area contributed by atoms with E-state index < -0.39 is 5.97 Å². The van der Waals surface area contributed by atoms with Crippen LogP contribution in [0.3, 0.4) is 0 Å². The molecule has 0 aromatic carbocycles. The molecule has 3 heterocycles. The molecule has 0 saturated heterocycles. The standard InChI is InChI=1S/C18H17N3O3S2/c1-5-7-26-18-20-15-13(16(22)21-18)12(14-9(2)6-8-25-14)11(10(3)19-15)17(23)24-4/h5-6,8H,1,7H2,2-4H3,(H,19,20,21,22). The van der Waals surface area contributed by atoms with Crippen LogP contribution < -0.4 is 5.56 Å². The average molecular weight is 387 g/mol. The fraction of sp³-hybridized carbons (Fsp3) is 0.222. The summed E-state index contributed by atoms with van der Waals surface area (Å²) in [6, 6.07) is 1.94. The van der Waals surface area contributed by atoms with Crippen LogP contribution in [0.2, 0.25) is 0 Å². The number of carbonyl (C=O) groups is 1. The molecule has 0 atom stereocenters. The third kappa shape index (κ3) is 3.17. The molecular weight excluding hydrogens is 370 g/mol. The molecule has 0 aliphatic heterocycles. The number of pyridine rings is 1. The molecule has 0 unspecified atom stereocenters. The smallest absolute Gasteiger partial charge is 0.340 e. The van der Waals surface area contributed by atoms with Crippen molar-refractivity contribution in [2.24, 2.45) is 0 Å². The Kier molecular flexibility index (Phi) is 5.24. The first-order valence-corrected chi connectivity index (χ1v) is 9.65. The Balaban J connectivity index is 2.42. The summed E-state index contributed by atoms with van der Waals surface area (Å²) in [6.45, 7) is 7.32. The fourth-order valence-corrected chi connectivity index (χ4v) is 4.26. The molecule has 1 N–H and O–H groups in total. The van der Waals surface area contributed by atoms with E-state index in [9.17, 15) is 9.59 Å². The van der Waals surface area contributed by atoms with Crippen LogP contribution in [0, 0.1) is 13.8 Å². The summed E-state index contributed by atoms with van der Waals surface area (Å²) in [6.07, 6.45) is 1.73. The number of esters is 1. The minimum Gasteiger partial charge on any atom is -0.465 e. The molecular formula is C18H17N3O3S2. The highest BCUT2D eigenvalue weighted by Crippen LogP contribution is 2.37. The Labute approximate surface area is 158 Å². The van der Waals surface area contributed by atoms with Crippen molar-refractivity contribution >= 4 is 40.1 Å². The number of aromatic amines is 1. The maximum atomic E-state index is 12.8. The summed E-state index contributed by atoms with van der Waals surface area (Å²) in [5.41, 5.74) is 2.25. The molecule has 8 heteroatoms. The molecule has 3 rings (SSSR count). The van der Waals surface area contributed by atoms with Gasteiger partial charge >= 0.3 is 5.97 Å². The molecule has 6 nitrogen and oxygen atoms in total. The van der Waals surface area contributed by atoms with E-state index in [0.29, 0.717) is 38.8 Å². The Morgan fingerprint density at radius 2 is 2.19 bits per heavy atom. The number of carbonyl (C=O) groups excluding carboxylic acids is 1. The van der Waals surface area contributed by atoms with Crippen molar-refractivity contribution in [1.29, 1.82) is 0 Å². The van der Waals surface area contributed by atoms with E-state index in [-0.39, 0.29) is 5.56 Å². The van der Waals surface area contributed by atoms with Crippen molar-refractivity contribution in [2.75, 3.05) is 12.9 Å². The van der Waals surface area contributed by atoms with Crippen LogP contribution in [0.4, 0.5) is 0 Å². The Hall–Kier alpha value is -2.45. The first-order chi connectivity index (χ1) is 12.5.